The number of carbonyl (C=O) groups is 1. The Morgan fingerprint density at radius 2 is 1.83 bits per heavy atom. The van der Waals surface area contributed by atoms with E-state index in [-0.39, 0.29) is 12.0 Å². The molecule has 2 rings (SSSR count). The van der Waals surface area contributed by atoms with Crippen LogP contribution in [0.2, 0.25) is 0 Å². The molecule has 2 heteroatoms. The number of rotatable bonds is 4. The highest BCUT2D eigenvalue weighted by Crippen LogP contribution is 2.24. The molecule has 18 heavy (non-hydrogen) atoms. The van der Waals surface area contributed by atoms with Crippen LogP contribution in [0.3, 0.4) is 0 Å². The minimum absolute atomic E-state index is 0.0933. The van der Waals surface area contributed by atoms with Crippen molar-refractivity contribution in [3.05, 3.63) is 35.9 Å². The van der Waals surface area contributed by atoms with Crippen LogP contribution in [0.25, 0.3) is 0 Å². The van der Waals surface area contributed by atoms with Gasteiger partial charge in [0, 0.05) is 18.4 Å². The summed E-state index contributed by atoms with van der Waals surface area (Å²) >= 11 is 0. The highest BCUT2D eigenvalue weighted by atomic mass is 16.1. The number of hydrogen-bond donors (Lipinski definition) is 1. The summed E-state index contributed by atoms with van der Waals surface area (Å²) in [5.74, 6) is 0.476. The molecule has 0 bridgehead atoms. The second kappa shape index (κ2) is 6.69. The minimum atomic E-state index is 0.0933. The summed E-state index contributed by atoms with van der Waals surface area (Å²) < 4.78 is 0. The summed E-state index contributed by atoms with van der Waals surface area (Å²) in [4.78, 5) is 12.3. The Balaban J connectivity index is 1.87. The Bertz CT molecular complexity index is 374. The third kappa shape index (κ3) is 3.67. The minimum Gasteiger partial charge on any atom is -0.327 e. The van der Waals surface area contributed by atoms with Gasteiger partial charge in [-0.1, -0.05) is 49.6 Å². The zero-order valence-corrected chi connectivity index (χ0v) is 11.0. The first kappa shape index (κ1) is 13.3. The number of hydrogen-bond acceptors (Lipinski definition) is 2. The Labute approximate surface area is 110 Å². The fraction of sp³-hybridized carbons (Fsp3) is 0.562. The highest BCUT2D eigenvalue weighted by Gasteiger charge is 2.26. The number of nitrogens with two attached hydrogens (primary N) is 1. The summed E-state index contributed by atoms with van der Waals surface area (Å²) in [6.45, 7) is 0. The first-order chi connectivity index (χ1) is 8.77. The summed E-state index contributed by atoms with van der Waals surface area (Å²) in [7, 11) is 0. The van der Waals surface area contributed by atoms with Crippen molar-refractivity contribution >= 4 is 5.78 Å². The molecule has 0 spiro atoms. The van der Waals surface area contributed by atoms with E-state index < -0.39 is 0 Å². The van der Waals surface area contributed by atoms with E-state index in [1.54, 1.807) is 0 Å². The zero-order chi connectivity index (χ0) is 12.8. The van der Waals surface area contributed by atoms with Crippen LogP contribution >= 0.6 is 0 Å². The smallest absolute Gasteiger partial charge is 0.137 e. The molecule has 2 atom stereocenters. The summed E-state index contributed by atoms with van der Waals surface area (Å²) in [6.07, 6.45) is 7.08. The van der Waals surface area contributed by atoms with Gasteiger partial charge in [0.25, 0.3) is 0 Å². The van der Waals surface area contributed by atoms with Gasteiger partial charge in [0.2, 0.25) is 0 Å². The molecule has 0 saturated heterocycles. The first-order valence-electron chi connectivity index (χ1n) is 7.09. The van der Waals surface area contributed by atoms with Crippen molar-refractivity contribution in [3.8, 4) is 0 Å². The average molecular weight is 245 g/mol. The lowest BCUT2D eigenvalue weighted by Gasteiger charge is -2.19. The molecule has 0 aliphatic heterocycles. The molecule has 1 aliphatic rings. The van der Waals surface area contributed by atoms with Crippen LogP contribution < -0.4 is 5.73 Å². The van der Waals surface area contributed by atoms with Crippen molar-refractivity contribution in [3.63, 3.8) is 0 Å². The predicted molar refractivity (Wildman–Crippen MR) is 74.3 cm³/mol. The van der Waals surface area contributed by atoms with Crippen LogP contribution in [0.1, 0.15) is 44.1 Å². The maximum Gasteiger partial charge on any atom is 0.137 e. The first-order valence-corrected chi connectivity index (χ1v) is 7.09. The van der Waals surface area contributed by atoms with E-state index in [2.05, 4.69) is 12.1 Å². The Kier molecular flexibility index (Phi) is 4.94. The summed E-state index contributed by atoms with van der Waals surface area (Å²) in [5, 5.41) is 0. The quantitative estimate of drug-likeness (QED) is 0.828. The number of benzene rings is 1. The van der Waals surface area contributed by atoms with Crippen LogP contribution in [0.5, 0.6) is 0 Å². The lowest BCUT2D eigenvalue weighted by Crippen LogP contribution is -2.34. The van der Waals surface area contributed by atoms with Crippen LogP contribution in [0, 0.1) is 5.92 Å². The van der Waals surface area contributed by atoms with E-state index in [0.717, 1.165) is 25.7 Å². The normalized spacial score (nSPS) is 24.5. The highest BCUT2D eigenvalue weighted by molar-refractivity contribution is 5.82. The van der Waals surface area contributed by atoms with E-state index in [0.29, 0.717) is 12.2 Å². The second-order valence-corrected chi connectivity index (χ2v) is 5.36. The van der Waals surface area contributed by atoms with Gasteiger partial charge in [-0.15, -0.1) is 0 Å². The van der Waals surface area contributed by atoms with Crippen LogP contribution in [0.15, 0.2) is 30.3 Å². The van der Waals surface area contributed by atoms with Crippen molar-refractivity contribution in [1.29, 1.82) is 0 Å². The summed E-state index contributed by atoms with van der Waals surface area (Å²) in [6, 6.07) is 10.3. The van der Waals surface area contributed by atoms with E-state index in [1.807, 2.05) is 18.2 Å². The van der Waals surface area contributed by atoms with Crippen molar-refractivity contribution in [2.75, 3.05) is 0 Å². The zero-order valence-electron chi connectivity index (χ0n) is 11.0. The van der Waals surface area contributed by atoms with E-state index in [1.165, 1.54) is 18.4 Å². The fourth-order valence-electron chi connectivity index (χ4n) is 2.83. The molecule has 2 N–H and O–H groups in total. The predicted octanol–water partition coefficient (Wildman–Crippen LogP) is 3.10. The largest absolute Gasteiger partial charge is 0.327 e. The molecule has 98 valence electrons. The van der Waals surface area contributed by atoms with Crippen LogP contribution in [-0.4, -0.2) is 11.8 Å². The number of Topliss-reactive ketones (excluding diaryl/α,β-unsaturated/α-hetero) is 1. The maximum absolute atomic E-state index is 12.3. The molecule has 1 aromatic rings. The molecular weight excluding hydrogens is 222 g/mol. The van der Waals surface area contributed by atoms with Gasteiger partial charge in [-0.05, 0) is 24.8 Å². The molecule has 0 aromatic heterocycles. The number of aryl methyl sites for hydroxylation is 1. The molecular formula is C16H23NO. The molecule has 0 radical (unpaired) electrons. The van der Waals surface area contributed by atoms with Crippen molar-refractivity contribution < 1.29 is 4.79 Å². The molecule has 1 aromatic carbocycles. The van der Waals surface area contributed by atoms with Crippen LogP contribution in [-0.2, 0) is 11.2 Å². The van der Waals surface area contributed by atoms with E-state index >= 15 is 0 Å². The van der Waals surface area contributed by atoms with Gasteiger partial charge in [0.1, 0.15) is 5.78 Å². The van der Waals surface area contributed by atoms with Gasteiger partial charge in [-0.3, -0.25) is 4.79 Å². The fourth-order valence-corrected chi connectivity index (χ4v) is 2.83. The second-order valence-electron chi connectivity index (χ2n) is 5.36. The molecule has 0 amide bonds. The lowest BCUT2D eigenvalue weighted by molar-refractivity contribution is -0.123. The third-order valence-electron chi connectivity index (χ3n) is 3.99. The molecule has 2 unspecified atom stereocenters. The Hall–Kier alpha value is -1.15. The van der Waals surface area contributed by atoms with Crippen molar-refractivity contribution in [2.24, 2.45) is 11.7 Å². The van der Waals surface area contributed by atoms with Gasteiger partial charge < -0.3 is 5.73 Å². The van der Waals surface area contributed by atoms with E-state index in [4.69, 9.17) is 5.73 Å². The lowest BCUT2D eigenvalue weighted by atomic mass is 9.88. The molecule has 1 fully saturated rings. The standard InChI is InChI=1S/C16H23NO/c17-15-10-6-2-5-9-14(15)16(18)12-11-13-7-3-1-4-8-13/h1,3-4,7-8,14-15H,2,5-6,9-12,17H2. The number of ketones is 1. The average Bonchev–Trinajstić information content (AvgIpc) is 2.62. The molecule has 1 saturated carbocycles. The van der Waals surface area contributed by atoms with E-state index in [9.17, 15) is 4.79 Å². The monoisotopic (exact) mass is 245 g/mol. The van der Waals surface area contributed by atoms with Gasteiger partial charge >= 0.3 is 0 Å². The van der Waals surface area contributed by atoms with Gasteiger partial charge in [0.15, 0.2) is 0 Å². The molecule has 2 nitrogen and oxygen atoms in total. The van der Waals surface area contributed by atoms with Gasteiger partial charge in [-0.2, -0.15) is 0 Å². The molecule has 0 heterocycles. The summed E-state index contributed by atoms with van der Waals surface area (Å²) in [5.41, 5.74) is 7.37. The topological polar surface area (TPSA) is 43.1 Å². The van der Waals surface area contributed by atoms with Gasteiger partial charge in [0.05, 0.1) is 0 Å². The number of carbonyl (C=O) groups excluding carboxylic acids is 1. The van der Waals surface area contributed by atoms with Crippen molar-refractivity contribution in [1.82, 2.24) is 0 Å². The third-order valence-corrected chi connectivity index (χ3v) is 3.99. The maximum atomic E-state index is 12.3. The Morgan fingerprint density at radius 3 is 2.61 bits per heavy atom. The van der Waals surface area contributed by atoms with Crippen molar-refractivity contribution in [2.45, 2.75) is 51.0 Å². The van der Waals surface area contributed by atoms with Gasteiger partial charge in [-0.25, -0.2) is 0 Å². The Morgan fingerprint density at radius 1 is 1.11 bits per heavy atom. The molecule has 1 aliphatic carbocycles. The SMILES string of the molecule is NC1CCCCCC1C(=O)CCc1ccccc1. The van der Waals surface area contributed by atoms with Crippen LogP contribution in [0.4, 0.5) is 0 Å².